The number of hydrogen-bond donors (Lipinski definition) is 2. The molecule has 12 heavy (non-hydrogen) atoms. The van der Waals surface area contributed by atoms with Crippen LogP contribution >= 0.6 is 0 Å². The van der Waals surface area contributed by atoms with Crippen molar-refractivity contribution in [1.82, 2.24) is 5.32 Å². The molecule has 3 heteroatoms. The molecule has 0 aliphatic rings. The van der Waals surface area contributed by atoms with Crippen LogP contribution in [0.25, 0.3) is 0 Å². The summed E-state index contributed by atoms with van der Waals surface area (Å²) in [5, 5.41) is 12.2. The van der Waals surface area contributed by atoms with Crippen LogP contribution in [0.2, 0.25) is 0 Å². The van der Waals surface area contributed by atoms with Crippen molar-refractivity contribution in [2.24, 2.45) is 0 Å². The summed E-state index contributed by atoms with van der Waals surface area (Å²) < 4.78 is 4.91. The quantitative estimate of drug-likeness (QED) is 0.535. The zero-order valence-corrected chi connectivity index (χ0v) is 8.18. The van der Waals surface area contributed by atoms with Gasteiger partial charge in [-0.25, -0.2) is 0 Å². The maximum absolute atomic E-state index is 8.95. The van der Waals surface area contributed by atoms with Gasteiger partial charge in [-0.3, -0.25) is 0 Å². The summed E-state index contributed by atoms with van der Waals surface area (Å²) in [4.78, 5) is 0. The summed E-state index contributed by atoms with van der Waals surface area (Å²) in [7, 11) is 1.72. The average Bonchev–Trinajstić information content (AvgIpc) is 2.02. The normalized spacial score (nSPS) is 13.2. The standard InChI is InChI=1S/C9H21NO2/c1-9(11)5-3-6-10-7-4-8-12-2/h9-11H,3-8H2,1-2H3. The summed E-state index contributed by atoms with van der Waals surface area (Å²) in [6, 6.07) is 0. The van der Waals surface area contributed by atoms with Crippen LogP contribution in [-0.4, -0.2) is 38.0 Å². The van der Waals surface area contributed by atoms with Gasteiger partial charge in [0.2, 0.25) is 0 Å². The van der Waals surface area contributed by atoms with Gasteiger partial charge < -0.3 is 15.2 Å². The Kier molecular flexibility index (Phi) is 8.88. The third kappa shape index (κ3) is 9.88. The first-order chi connectivity index (χ1) is 5.77. The molecule has 0 aromatic rings. The topological polar surface area (TPSA) is 41.5 Å². The van der Waals surface area contributed by atoms with E-state index in [9.17, 15) is 0 Å². The molecule has 0 heterocycles. The Labute approximate surface area is 75.1 Å². The second-order valence-corrected chi connectivity index (χ2v) is 3.09. The third-order valence-electron chi connectivity index (χ3n) is 1.68. The molecule has 0 bridgehead atoms. The van der Waals surface area contributed by atoms with Gasteiger partial charge in [-0.1, -0.05) is 0 Å². The van der Waals surface area contributed by atoms with Gasteiger partial charge in [-0.15, -0.1) is 0 Å². The van der Waals surface area contributed by atoms with Gasteiger partial charge in [-0.2, -0.15) is 0 Å². The Hall–Kier alpha value is -0.120. The van der Waals surface area contributed by atoms with Crippen LogP contribution in [0.4, 0.5) is 0 Å². The van der Waals surface area contributed by atoms with Gasteiger partial charge in [-0.05, 0) is 39.3 Å². The first-order valence-electron chi connectivity index (χ1n) is 4.65. The van der Waals surface area contributed by atoms with E-state index < -0.39 is 0 Å². The van der Waals surface area contributed by atoms with Crippen LogP contribution in [0.3, 0.4) is 0 Å². The first kappa shape index (κ1) is 11.9. The lowest BCUT2D eigenvalue weighted by Crippen LogP contribution is -2.18. The SMILES string of the molecule is COCCCNCCCC(C)O. The number of nitrogens with one attached hydrogen (secondary N) is 1. The molecule has 0 amide bonds. The number of rotatable bonds is 8. The predicted octanol–water partition coefficient (Wildman–Crippen LogP) is 0.774. The Bertz CT molecular complexity index is 86.6. The van der Waals surface area contributed by atoms with Gasteiger partial charge in [0.25, 0.3) is 0 Å². The summed E-state index contributed by atoms with van der Waals surface area (Å²) in [5.41, 5.74) is 0. The van der Waals surface area contributed by atoms with E-state index in [4.69, 9.17) is 9.84 Å². The highest BCUT2D eigenvalue weighted by molar-refractivity contribution is 4.51. The lowest BCUT2D eigenvalue weighted by Gasteiger charge is -2.05. The van der Waals surface area contributed by atoms with Crippen LogP contribution in [-0.2, 0) is 4.74 Å². The molecule has 0 saturated heterocycles. The van der Waals surface area contributed by atoms with Gasteiger partial charge >= 0.3 is 0 Å². The van der Waals surface area contributed by atoms with E-state index in [1.165, 1.54) is 0 Å². The summed E-state index contributed by atoms with van der Waals surface area (Å²) in [5.74, 6) is 0. The molecule has 74 valence electrons. The zero-order chi connectivity index (χ0) is 9.23. The van der Waals surface area contributed by atoms with Crippen LogP contribution in [0, 0.1) is 0 Å². The molecule has 2 N–H and O–H groups in total. The Morgan fingerprint density at radius 3 is 2.58 bits per heavy atom. The molecule has 0 aliphatic carbocycles. The van der Waals surface area contributed by atoms with Crippen molar-refractivity contribution in [1.29, 1.82) is 0 Å². The van der Waals surface area contributed by atoms with Gasteiger partial charge in [0.15, 0.2) is 0 Å². The molecule has 0 aromatic heterocycles. The number of aliphatic hydroxyl groups excluding tert-OH is 1. The van der Waals surface area contributed by atoms with E-state index in [1.54, 1.807) is 7.11 Å². The lowest BCUT2D eigenvalue weighted by atomic mass is 10.2. The first-order valence-corrected chi connectivity index (χ1v) is 4.65. The lowest BCUT2D eigenvalue weighted by molar-refractivity contribution is 0.180. The van der Waals surface area contributed by atoms with Crippen LogP contribution in [0.5, 0.6) is 0 Å². The monoisotopic (exact) mass is 175 g/mol. The molecule has 0 aromatic carbocycles. The van der Waals surface area contributed by atoms with E-state index in [1.807, 2.05) is 6.92 Å². The van der Waals surface area contributed by atoms with Crippen LogP contribution < -0.4 is 5.32 Å². The summed E-state index contributed by atoms with van der Waals surface area (Å²) in [6.07, 6.45) is 2.83. The highest BCUT2D eigenvalue weighted by Crippen LogP contribution is 1.93. The number of aliphatic hydroxyl groups is 1. The fourth-order valence-electron chi connectivity index (χ4n) is 0.989. The van der Waals surface area contributed by atoms with E-state index in [-0.39, 0.29) is 6.10 Å². The molecule has 0 radical (unpaired) electrons. The highest BCUT2D eigenvalue weighted by Gasteiger charge is 1.94. The fraction of sp³-hybridized carbons (Fsp3) is 1.00. The van der Waals surface area contributed by atoms with Crippen molar-refractivity contribution < 1.29 is 9.84 Å². The smallest absolute Gasteiger partial charge is 0.0512 e. The molecule has 0 spiro atoms. The molecule has 1 atom stereocenters. The molecule has 0 saturated carbocycles. The van der Waals surface area contributed by atoms with Gasteiger partial charge in [0.05, 0.1) is 6.10 Å². The molecule has 0 aliphatic heterocycles. The van der Waals surface area contributed by atoms with Crippen LogP contribution in [0.1, 0.15) is 26.2 Å². The fourth-order valence-corrected chi connectivity index (χ4v) is 0.989. The second-order valence-electron chi connectivity index (χ2n) is 3.09. The Morgan fingerprint density at radius 2 is 2.00 bits per heavy atom. The minimum absolute atomic E-state index is 0.161. The predicted molar refractivity (Wildman–Crippen MR) is 50.3 cm³/mol. The average molecular weight is 175 g/mol. The van der Waals surface area contributed by atoms with Gasteiger partial charge in [0.1, 0.15) is 0 Å². The third-order valence-corrected chi connectivity index (χ3v) is 1.68. The van der Waals surface area contributed by atoms with Crippen molar-refractivity contribution >= 4 is 0 Å². The highest BCUT2D eigenvalue weighted by atomic mass is 16.5. The molecule has 1 unspecified atom stereocenters. The second kappa shape index (κ2) is 8.97. The van der Waals surface area contributed by atoms with Crippen molar-refractivity contribution in [3.05, 3.63) is 0 Å². The molecular formula is C9H21NO2. The molecule has 0 rings (SSSR count). The van der Waals surface area contributed by atoms with E-state index in [2.05, 4.69) is 5.32 Å². The zero-order valence-electron chi connectivity index (χ0n) is 8.18. The Balaban J connectivity index is 2.82. The van der Waals surface area contributed by atoms with Crippen molar-refractivity contribution in [3.8, 4) is 0 Å². The van der Waals surface area contributed by atoms with E-state index in [0.717, 1.165) is 39.0 Å². The number of ether oxygens (including phenoxy) is 1. The summed E-state index contributed by atoms with van der Waals surface area (Å²) >= 11 is 0. The minimum Gasteiger partial charge on any atom is -0.393 e. The van der Waals surface area contributed by atoms with E-state index >= 15 is 0 Å². The largest absolute Gasteiger partial charge is 0.393 e. The molecule has 0 fully saturated rings. The van der Waals surface area contributed by atoms with Crippen molar-refractivity contribution in [2.75, 3.05) is 26.8 Å². The van der Waals surface area contributed by atoms with Crippen molar-refractivity contribution in [2.45, 2.75) is 32.3 Å². The molecular weight excluding hydrogens is 154 g/mol. The van der Waals surface area contributed by atoms with Crippen LogP contribution in [0.15, 0.2) is 0 Å². The van der Waals surface area contributed by atoms with Gasteiger partial charge in [0, 0.05) is 13.7 Å². The minimum atomic E-state index is -0.161. The molecule has 3 nitrogen and oxygen atoms in total. The number of methoxy groups -OCH3 is 1. The maximum Gasteiger partial charge on any atom is 0.0512 e. The van der Waals surface area contributed by atoms with E-state index in [0.29, 0.717) is 0 Å². The maximum atomic E-state index is 8.95. The summed E-state index contributed by atoms with van der Waals surface area (Å²) in [6.45, 7) is 4.65. The Morgan fingerprint density at radius 1 is 1.33 bits per heavy atom. The number of hydrogen-bond acceptors (Lipinski definition) is 3. The van der Waals surface area contributed by atoms with Crippen molar-refractivity contribution in [3.63, 3.8) is 0 Å².